The minimum absolute atomic E-state index is 0.116. The van der Waals surface area contributed by atoms with Crippen molar-refractivity contribution in [2.75, 3.05) is 5.32 Å². The monoisotopic (exact) mass is 324 g/mol. The standard InChI is InChI=1S/C13H17BrN4O/c1-4-10-11(8-17(3)16-10)15-13(19)12-6-9(14)7-18(12)5-2/h6-8H,4-5H2,1-3H3,(H,15,19). The van der Waals surface area contributed by atoms with Gasteiger partial charge in [0.25, 0.3) is 5.91 Å². The molecule has 0 aliphatic heterocycles. The Morgan fingerprint density at radius 2 is 2.16 bits per heavy atom. The lowest BCUT2D eigenvalue weighted by Crippen LogP contribution is -2.16. The molecule has 1 amide bonds. The molecule has 2 rings (SSSR count). The lowest BCUT2D eigenvalue weighted by atomic mass is 10.3. The van der Waals surface area contributed by atoms with E-state index in [9.17, 15) is 4.79 Å². The topological polar surface area (TPSA) is 51.9 Å². The van der Waals surface area contributed by atoms with Gasteiger partial charge in [-0.15, -0.1) is 0 Å². The summed E-state index contributed by atoms with van der Waals surface area (Å²) in [6.45, 7) is 4.77. The fourth-order valence-corrected chi connectivity index (χ4v) is 2.48. The average molecular weight is 325 g/mol. The quantitative estimate of drug-likeness (QED) is 0.940. The third-order valence-corrected chi connectivity index (χ3v) is 3.36. The van der Waals surface area contributed by atoms with Gasteiger partial charge in [-0.1, -0.05) is 6.92 Å². The minimum atomic E-state index is -0.116. The summed E-state index contributed by atoms with van der Waals surface area (Å²) in [4.78, 5) is 12.3. The number of halogens is 1. The van der Waals surface area contributed by atoms with Gasteiger partial charge < -0.3 is 9.88 Å². The van der Waals surface area contributed by atoms with E-state index in [1.54, 1.807) is 4.68 Å². The highest BCUT2D eigenvalue weighted by molar-refractivity contribution is 9.10. The maximum Gasteiger partial charge on any atom is 0.272 e. The smallest absolute Gasteiger partial charge is 0.272 e. The van der Waals surface area contributed by atoms with Crippen LogP contribution < -0.4 is 5.32 Å². The van der Waals surface area contributed by atoms with Crippen molar-refractivity contribution in [1.29, 1.82) is 0 Å². The molecule has 0 bridgehead atoms. The van der Waals surface area contributed by atoms with E-state index in [0.29, 0.717) is 5.69 Å². The van der Waals surface area contributed by atoms with Crippen LogP contribution in [0.5, 0.6) is 0 Å². The van der Waals surface area contributed by atoms with Crippen LogP contribution in [-0.2, 0) is 20.0 Å². The highest BCUT2D eigenvalue weighted by atomic mass is 79.9. The molecular formula is C13H17BrN4O. The normalized spacial score (nSPS) is 10.7. The molecule has 0 saturated heterocycles. The predicted octanol–water partition coefficient (Wildman–Crippen LogP) is 2.82. The van der Waals surface area contributed by atoms with Gasteiger partial charge in [-0.2, -0.15) is 5.10 Å². The van der Waals surface area contributed by atoms with E-state index in [-0.39, 0.29) is 5.91 Å². The zero-order chi connectivity index (χ0) is 14.0. The fourth-order valence-electron chi connectivity index (χ4n) is 2.01. The van der Waals surface area contributed by atoms with Crippen LogP contribution in [0.4, 0.5) is 5.69 Å². The van der Waals surface area contributed by atoms with Crippen molar-refractivity contribution < 1.29 is 4.79 Å². The number of carbonyl (C=O) groups excluding carboxylic acids is 1. The first-order valence-corrected chi connectivity index (χ1v) is 7.04. The minimum Gasteiger partial charge on any atom is -0.343 e. The third kappa shape index (κ3) is 2.89. The largest absolute Gasteiger partial charge is 0.343 e. The van der Waals surface area contributed by atoms with E-state index in [0.717, 1.165) is 28.8 Å². The third-order valence-electron chi connectivity index (χ3n) is 2.92. The summed E-state index contributed by atoms with van der Waals surface area (Å²) in [5, 5.41) is 7.23. The number of aryl methyl sites for hydroxylation is 3. The fraction of sp³-hybridized carbons (Fsp3) is 0.385. The summed E-state index contributed by atoms with van der Waals surface area (Å²) in [5.41, 5.74) is 2.31. The molecule has 0 aliphatic carbocycles. The molecule has 0 atom stereocenters. The lowest BCUT2D eigenvalue weighted by molar-refractivity contribution is 0.101. The lowest BCUT2D eigenvalue weighted by Gasteiger charge is -2.07. The molecule has 102 valence electrons. The number of nitrogens with one attached hydrogen (secondary N) is 1. The number of hydrogen-bond acceptors (Lipinski definition) is 2. The summed E-state index contributed by atoms with van der Waals surface area (Å²) in [6, 6.07) is 1.82. The number of amides is 1. The van der Waals surface area contributed by atoms with Gasteiger partial charge >= 0.3 is 0 Å². The van der Waals surface area contributed by atoms with Crippen LogP contribution in [0, 0.1) is 0 Å². The molecule has 2 aromatic heterocycles. The Balaban J connectivity index is 2.25. The van der Waals surface area contributed by atoms with Gasteiger partial charge in [0.05, 0.1) is 11.4 Å². The number of nitrogens with zero attached hydrogens (tertiary/aromatic N) is 3. The molecule has 2 heterocycles. The van der Waals surface area contributed by atoms with Gasteiger partial charge in [-0.3, -0.25) is 9.48 Å². The van der Waals surface area contributed by atoms with Crippen LogP contribution in [0.1, 0.15) is 30.0 Å². The van der Waals surface area contributed by atoms with Crippen LogP contribution in [-0.4, -0.2) is 20.3 Å². The van der Waals surface area contributed by atoms with Crippen molar-refractivity contribution in [3.63, 3.8) is 0 Å². The maximum atomic E-state index is 12.3. The highest BCUT2D eigenvalue weighted by Crippen LogP contribution is 2.18. The Bertz CT molecular complexity index is 600. The Labute approximate surface area is 120 Å². The molecular weight excluding hydrogens is 308 g/mol. The first kappa shape index (κ1) is 13.9. The van der Waals surface area contributed by atoms with Crippen LogP contribution in [0.3, 0.4) is 0 Å². The van der Waals surface area contributed by atoms with Gasteiger partial charge in [-0.25, -0.2) is 0 Å². The molecule has 0 aliphatic rings. The van der Waals surface area contributed by atoms with Crippen molar-refractivity contribution in [1.82, 2.24) is 14.3 Å². The van der Waals surface area contributed by atoms with Gasteiger partial charge in [0.2, 0.25) is 0 Å². The molecule has 0 radical (unpaired) electrons. The summed E-state index contributed by atoms with van der Waals surface area (Å²) >= 11 is 3.39. The Morgan fingerprint density at radius 3 is 2.79 bits per heavy atom. The summed E-state index contributed by atoms with van der Waals surface area (Å²) < 4.78 is 4.52. The first-order chi connectivity index (χ1) is 9.05. The Morgan fingerprint density at radius 1 is 1.42 bits per heavy atom. The van der Waals surface area contributed by atoms with E-state index in [2.05, 4.69) is 26.3 Å². The van der Waals surface area contributed by atoms with Gasteiger partial charge in [-0.05, 0) is 35.3 Å². The summed E-state index contributed by atoms with van der Waals surface area (Å²) in [5.74, 6) is -0.116. The van der Waals surface area contributed by atoms with E-state index in [4.69, 9.17) is 0 Å². The van der Waals surface area contributed by atoms with Crippen LogP contribution in [0.25, 0.3) is 0 Å². The number of aromatic nitrogens is 3. The molecule has 0 fully saturated rings. The maximum absolute atomic E-state index is 12.3. The van der Waals surface area contributed by atoms with E-state index >= 15 is 0 Å². The van der Waals surface area contributed by atoms with Gasteiger partial charge in [0.1, 0.15) is 5.69 Å². The highest BCUT2D eigenvalue weighted by Gasteiger charge is 2.15. The second-order valence-electron chi connectivity index (χ2n) is 4.30. The van der Waals surface area contributed by atoms with E-state index < -0.39 is 0 Å². The molecule has 0 unspecified atom stereocenters. The van der Waals surface area contributed by atoms with E-state index in [1.807, 2.05) is 43.9 Å². The molecule has 1 N–H and O–H groups in total. The SMILES string of the molecule is CCc1nn(C)cc1NC(=O)c1cc(Br)cn1CC. The zero-order valence-electron chi connectivity index (χ0n) is 11.3. The van der Waals surface area contributed by atoms with Crippen molar-refractivity contribution >= 4 is 27.5 Å². The van der Waals surface area contributed by atoms with Crippen molar-refractivity contribution in [2.24, 2.45) is 7.05 Å². The second-order valence-corrected chi connectivity index (χ2v) is 5.22. The molecule has 0 aromatic carbocycles. The Hall–Kier alpha value is -1.56. The molecule has 0 saturated carbocycles. The van der Waals surface area contributed by atoms with E-state index in [1.165, 1.54) is 0 Å². The zero-order valence-corrected chi connectivity index (χ0v) is 12.9. The molecule has 19 heavy (non-hydrogen) atoms. The van der Waals surface area contributed by atoms with Gasteiger partial charge in [0.15, 0.2) is 0 Å². The molecule has 2 aromatic rings. The summed E-state index contributed by atoms with van der Waals surface area (Å²) in [7, 11) is 1.85. The number of carbonyl (C=O) groups is 1. The molecule has 0 spiro atoms. The summed E-state index contributed by atoms with van der Waals surface area (Å²) in [6.07, 6.45) is 4.51. The second kappa shape index (κ2) is 5.61. The average Bonchev–Trinajstić information content (AvgIpc) is 2.92. The van der Waals surface area contributed by atoms with Crippen LogP contribution in [0.15, 0.2) is 22.9 Å². The van der Waals surface area contributed by atoms with Crippen molar-refractivity contribution in [2.45, 2.75) is 26.8 Å². The van der Waals surface area contributed by atoms with Crippen LogP contribution >= 0.6 is 15.9 Å². The van der Waals surface area contributed by atoms with Crippen molar-refractivity contribution in [3.8, 4) is 0 Å². The van der Waals surface area contributed by atoms with Crippen LogP contribution in [0.2, 0.25) is 0 Å². The number of rotatable bonds is 4. The Kier molecular flexibility index (Phi) is 4.09. The van der Waals surface area contributed by atoms with Crippen molar-refractivity contribution in [3.05, 3.63) is 34.3 Å². The predicted molar refractivity (Wildman–Crippen MR) is 78.3 cm³/mol. The number of hydrogen-bond donors (Lipinski definition) is 1. The number of anilines is 1. The van der Waals surface area contributed by atoms with Gasteiger partial charge in [0, 0.05) is 30.5 Å². The molecule has 6 heteroatoms. The first-order valence-electron chi connectivity index (χ1n) is 6.24. The molecule has 5 nitrogen and oxygen atoms in total.